The third-order valence-corrected chi connectivity index (χ3v) is 4.56. The van der Waals surface area contributed by atoms with Gasteiger partial charge in [0.25, 0.3) is 0 Å². The normalized spacial score (nSPS) is 16.1. The van der Waals surface area contributed by atoms with Crippen LogP contribution in [0.1, 0.15) is 6.42 Å². The van der Waals surface area contributed by atoms with Gasteiger partial charge in [-0.15, -0.1) is 11.8 Å². The molecule has 1 amide bonds. The van der Waals surface area contributed by atoms with E-state index in [1.165, 1.54) is 0 Å². The first kappa shape index (κ1) is 15.4. The fourth-order valence-corrected chi connectivity index (χ4v) is 3.32. The lowest BCUT2D eigenvalue weighted by Gasteiger charge is -2.16. The first-order valence-corrected chi connectivity index (χ1v) is 8.32. The number of carbonyl (C=O) groups is 1. The first-order valence-electron chi connectivity index (χ1n) is 7.44. The monoisotopic (exact) mass is 323 g/mol. The Morgan fingerprint density at radius 1 is 1.04 bits per heavy atom. The van der Waals surface area contributed by atoms with Crippen LogP contribution in [0.2, 0.25) is 0 Å². The Hall–Kier alpha value is -2.46. The largest absolute Gasteiger partial charge is 0.417 e. The van der Waals surface area contributed by atoms with Crippen molar-refractivity contribution in [3.63, 3.8) is 0 Å². The summed E-state index contributed by atoms with van der Waals surface area (Å²) in [6, 6.07) is 16.8. The number of anilines is 1. The van der Waals surface area contributed by atoms with Crippen LogP contribution >= 0.6 is 11.8 Å². The molecular weight excluding hydrogens is 306 g/mol. The van der Waals surface area contributed by atoms with E-state index in [1.54, 1.807) is 23.9 Å². The van der Waals surface area contributed by atoms with Crippen LogP contribution in [-0.4, -0.2) is 11.3 Å². The van der Waals surface area contributed by atoms with Gasteiger partial charge in [0.1, 0.15) is 5.75 Å². The fourth-order valence-electron chi connectivity index (χ4n) is 2.21. The molecule has 0 spiro atoms. The number of rotatable bonds is 4. The maximum atomic E-state index is 12.1. The third kappa shape index (κ3) is 4.50. The van der Waals surface area contributed by atoms with Crippen LogP contribution < -0.4 is 10.1 Å². The number of amides is 1. The molecule has 0 fully saturated rings. The molecule has 2 aromatic carbocycles. The second-order valence-corrected chi connectivity index (χ2v) is 6.31. The smallest absolute Gasteiger partial charge is 0.410 e. The SMILES string of the molecule is O=C(Nc1ccccc1SC1C=CC=CC1)Oc1ccccc1. The highest BCUT2D eigenvalue weighted by Gasteiger charge is 2.13. The highest BCUT2D eigenvalue weighted by atomic mass is 32.2. The molecule has 3 nitrogen and oxygen atoms in total. The number of allylic oxidation sites excluding steroid dienone is 3. The molecule has 1 aliphatic rings. The van der Waals surface area contributed by atoms with Gasteiger partial charge in [-0.05, 0) is 30.7 Å². The van der Waals surface area contributed by atoms with Crippen molar-refractivity contribution >= 4 is 23.5 Å². The van der Waals surface area contributed by atoms with Gasteiger partial charge in [-0.2, -0.15) is 0 Å². The molecule has 0 bridgehead atoms. The van der Waals surface area contributed by atoms with E-state index in [9.17, 15) is 4.79 Å². The Morgan fingerprint density at radius 3 is 2.61 bits per heavy atom. The summed E-state index contributed by atoms with van der Waals surface area (Å²) in [6.07, 6.45) is 8.94. The minimum absolute atomic E-state index is 0.382. The van der Waals surface area contributed by atoms with Crippen LogP contribution in [0.3, 0.4) is 0 Å². The molecule has 0 saturated heterocycles. The van der Waals surface area contributed by atoms with Crippen molar-refractivity contribution in [1.29, 1.82) is 0 Å². The van der Waals surface area contributed by atoms with Crippen molar-refractivity contribution in [2.45, 2.75) is 16.6 Å². The van der Waals surface area contributed by atoms with Gasteiger partial charge in [0.15, 0.2) is 0 Å². The average molecular weight is 323 g/mol. The van der Waals surface area contributed by atoms with Crippen molar-refractivity contribution in [3.8, 4) is 5.75 Å². The standard InChI is InChI=1S/C19H17NO2S/c21-19(22-15-9-3-1-4-10-15)20-17-13-7-8-14-18(17)23-16-11-5-2-6-12-16/h1-11,13-14,16H,12H2,(H,20,21). The van der Waals surface area contributed by atoms with E-state index in [0.29, 0.717) is 11.0 Å². The van der Waals surface area contributed by atoms with Crippen LogP contribution in [-0.2, 0) is 0 Å². The van der Waals surface area contributed by atoms with E-state index < -0.39 is 6.09 Å². The number of hydrogen-bond acceptors (Lipinski definition) is 3. The highest BCUT2D eigenvalue weighted by molar-refractivity contribution is 8.00. The van der Waals surface area contributed by atoms with Gasteiger partial charge in [0.2, 0.25) is 0 Å². The summed E-state index contributed by atoms with van der Waals surface area (Å²) in [5.74, 6) is 0.524. The van der Waals surface area contributed by atoms with Gasteiger partial charge in [0, 0.05) is 10.1 Å². The highest BCUT2D eigenvalue weighted by Crippen LogP contribution is 2.33. The summed E-state index contributed by atoms with van der Waals surface area (Å²) in [7, 11) is 0. The number of para-hydroxylation sites is 2. The zero-order valence-electron chi connectivity index (χ0n) is 12.5. The molecule has 0 radical (unpaired) electrons. The summed E-state index contributed by atoms with van der Waals surface area (Å²) >= 11 is 1.73. The van der Waals surface area contributed by atoms with Crippen molar-refractivity contribution in [3.05, 3.63) is 78.9 Å². The quantitative estimate of drug-likeness (QED) is 0.832. The lowest BCUT2D eigenvalue weighted by Crippen LogP contribution is -2.17. The predicted molar refractivity (Wildman–Crippen MR) is 95.1 cm³/mol. The Bertz CT molecular complexity index is 725. The summed E-state index contributed by atoms with van der Waals surface area (Å²) < 4.78 is 5.28. The molecule has 1 aliphatic carbocycles. The number of thioether (sulfide) groups is 1. The van der Waals surface area contributed by atoms with Gasteiger partial charge < -0.3 is 4.74 Å². The Balaban J connectivity index is 1.66. The van der Waals surface area contributed by atoms with Crippen LogP contribution in [0.4, 0.5) is 10.5 Å². The molecule has 23 heavy (non-hydrogen) atoms. The summed E-state index contributed by atoms with van der Waals surface area (Å²) in [5.41, 5.74) is 0.765. The van der Waals surface area contributed by atoms with Crippen molar-refractivity contribution < 1.29 is 9.53 Å². The lowest BCUT2D eigenvalue weighted by molar-refractivity contribution is 0.215. The Kier molecular flexibility index (Phi) is 5.17. The molecule has 3 rings (SSSR count). The van der Waals surface area contributed by atoms with Crippen LogP contribution in [0.25, 0.3) is 0 Å². The maximum absolute atomic E-state index is 12.1. The molecule has 116 valence electrons. The lowest BCUT2D eigenvalue weighted by atomic mass is 10.2. The van der Waals surface area contributed by atoms with E-state index in [2.05, 4.69) is 29.6 Å². The Labute approximate surface area is 140 Å². The molecule has 1 unspecified atom stereocenters. The average Bonchev–Trinajstić information content (AvgIpc) is 2.58. The number of hydrogen-bond donors (Lipinski definition) is 1. The molecule has 0 aromatic heterocycles. The molecule has 0 heterocycles. The minimum Gasteiger partial charge on any atom is -0.410 e. The summed E-state index contributed by atoms with van der Waals surface area (Å²) in [6.45, 7) is 0. The molecule has 1 N–H and O–H groups in total. The van der Waals surface area contributed by atoms with E-state index >= 15 is 0 Å². The second kappa shape index (κ2) is 7.70. The Morgan fingerprint density at radius 2 is 1.83 bits per heavy atom. The third-order valence-electron chi connectivity index (χ3n) is 3.30. The summed E-state index contributed by atoms with van der Waals surface area (Å²) in [4.78, 5) is 13.1. The van der Waals surface area contributed by atoms with Gasteiger partial charge in [-0.3, -0.25) is 5.32 Å². The fraction of sp³-hybridized carbons (Fsp3) is 0.105. The van der Waals surface area contributed by atoms with Gasteiger partial charge in [-0.1, -0.05) is 54.6 Å². The van der Waals surface area contributed by atoms with Gasteiger partial charge in [0.05, 0.1) is 5.69 Å². The van der Waals surface area contributed by atoms with Gasteiger partial charge >= 0.3 is 6.09 Å². The van der Waals surface area contributed by atoms with Crippen molar-refractivity contribution in [2.75, 3.05) is 5.32 Å². The number of carbonyl (C=O) groups excluding carboxylic acids is 1. The van der Waals surface area contributed by atoms with Crippen molar-refractivity contribution in [1.82, 2.24) is 0 Å². The number of ether oxygens (including phenoxy) is 1. The first-order chi connectivity index (χ1) is 11.3. The molecule has 0 aliphatic heterocycles. The predicted octanol–water partition coefficient (Wildman–Crippen LogP) is 5.27. The van der Waals surface area contributed by atoms with Crippen LogP contribution in [0, 0.1) is 0 Å². The molecular formula is C19H17NO2S. The zero-order chi connectivity index (χ0) is 15.9. The topological polar surface area (TPSA) is 38.3 Å². The number of nitrogens with one attached hydrogen (secondary N) is 1. The van der Waals surface area contributed by atoms with Gasteiger partial charge in [-0.25, -0.2) is 4.79 Å². The molecule has 2 aromatic rings. The van der Waals surface area contributed by atoms with Crippen LogP contribution in [0.15, 0.2) is 83.8 Å². The molecule has 0 saturated carbocycles. The number of benzene rings is 2. The van der Waals surface area contributed by atoms with E-state index in [1.807, 2.05) is 42.5 Å². The van der Waals surface area contributed by atoms with E-state index in [4.69, 9.17) is 4.74 Å². The molecule has 1 atom stereocenters. The van der Waals surface area contributed by atoms with E-state index in [0.717, 1.165) is 17.0 Å². The van der Waals surface area contributed by atoms with Crippen LogP contribution in [0.5, 0.6) is 5.75 Å². The summed E-state index contributed by atoms with van der Waals surface area (Å²) in [5, 5.41) is 3.21. The van der Waals surface area contributed by atoms with E-state index in [-0.39, 0.29) is 0 Å². The second-order valence-electron chi connectivity index (χ2n) is 5.03. The van der Waals surface area contributed by atoms with Crippen molar-refractivity contribution in [2.24, 2.45) is 0 Å². The molecule has 4 heteroatoms. The maximum Gasteiger partial charge on any atom is 0.417 e. The minimum atomic E-state index is -0.483. The zero-order valence-corrected chi connectivity index (χ0v) is 13.3.